The molecular weight excluding hydrogens is 386 g/mol. The Morgan fingerprint density at radius 1 is 1.17 bits per heavy atom. The number of carbonyl (C=O) groups is 1. The third-order valence-corrected chi connectivity index (χ3v) is 5.54. The van der Waals surface area contributed by atoms with E-state index in [1.165, 1.54) is 16.8 Å². The second-order valence-electron chi connectivity index (χ2n) is 7.92. The Kier molecular flexibility index (Phi) is 3.50. The minimum Gasteiger partial charge on any atom is -0.440 e. The Bertz CT molecular complexity index is 1460. The number of fused-ring (bicyclic) bond motifs is 2. The van der Waals surface area contributed by atoms with Crippen molar-refractivity contribution in [2.24, 2.45) is 0 Å². The number of nitrogens with one attached hydrogen (secondary N) is 2. The smallest absolute Gasteiger partial charge is 0.330 e. The molecule has 2 aliphatic rings. The monoisotopic (exact) mass is 403 g/mol. The number of aromatic nitrogens is 4. The Labute approximate surface area is 168 Å². The molecule has 3 aromatic heterocycles. The highest BCUT2D eigenvalue weighted by atomic mass is 16.3. The standard InChI is InChI=1S/C21H17N5O4/c27-18(23-12-3-6-16-15(8-12)24-20(30-16)10-1-2-10)11-7-14-17(22-9-11)26(13-4-5-13)21(29)25-19(14)28/h3,6-10,13H,1-2,4-5H2,(H,23,27)(H,25,28,29). The number of nitrogens with zero attached hydrogens (tertiary/aromatic N) is 3. The molecule has 1 aromatic carbocycles. The fraction of sp³-hybridized carbons (Fsp3) is 0.286. The van der Waals surface area contributed by atoms with Crippen molar-refractivity contribution in [1.29, 1.82) is 0 Å². The van der Waals surface area contributed by atoms with E-state index in [9.17, 15) is 14.4 Å². The van der Waals surface area contributed by atoms with E-state index in [-0.39, 0.29) is 17.0 Å². The Morgan fingerprint density at radius 2 is 2.00 bits per heavy atom. The summed E-state index contributed by atoms with van der Waals surface area (Å²) in [5.41, 5.74) is 1.47. The summed E-state index contributed by atoms with van der Waals surface area (Å²) in [4.78, 5) is 48.2. The number of amides is 1. The molecule has 150 valence electrons. The van der Waals surface area contributed by atoms with Crippen LogP contribution in [0.3, 0.4) is 0 Å². The molecule has 4 aromatic rings. The summed E-state index contributed by atoms with van der Waals surface area (Å²) in [5.74, 6) is 0.747. The number of oxazole rings is 1. The maximum absolute atomic E-state index is 12.8. The minimum atomic E-state index is -0.550. The fourth-order valence-corrected chi connectivity index (χ4v) is 3.66. The van der Waals surface area contributed by atoms with Crippen LogP contribution in [0.25, 0.3) is 22.1 Å². The number of hydrogen-bond donors (Lipinski definition) is 2. The predicted molar refractivity (Wildman–Crippen MR) is 109 cm³/mol. The molecule has 0 aliphatic heterocycles. The Morgan fingerprint density at radius 3 is 2.77 bits per heavy atom. The van der Waals surface area contributed by atoms with E-state index in [2.05, 4.69) is 20.3 Å². The van der Waals surface area contributed by atoms with Gasteiger partial charge < -0.3 is 9.73 Å². The lowest BCUT2D eigenvalue weighted by molar-refractivity contribution is 0.102. The van der Waals surface area contributed by atoms with Gasteiger partial charge in [0.05, 0.1) is 10.9 Å². The molecule has 6 rings (SSSR count). The molecule has 0 saturated heterocycles. The van der Waals surface area contributed by atoms with Crippen molar-refractivity contribution in [2.75, 3.05) is 5.32 Å². The molecule has 30 heavy (non-hydrogen) atoms. The molecule has 9 nitrogen and oxygen atoms in total. The third-order valence-electron chi connectivity index (χ3n) is 5.54. The maximum Gasteiger partial charge on any atom is 0.330 e. The Hall–Kier alpha value is -3.75. The first-order valence-corrected chi connectivity index (χ1v) is 9.93. The van der Waals surface area contributed by atoms with Crippen LogP contribution in [0.15, 0.2) is 44.5 Å². The van der Waals surface area contributed by atoms with Gasteiger partial charge in [-0.3, -0.25) is 19.1 Å². The first-order valence-electron chi connectivity index (χ1n) is 9.93. The second kappa shape index (κ2) is 6.12. The average molecular weight is 403 g/mol. The van der Waals surface area contributed by atoms with Crippen LogP contribution in [0.2, 0.25) is 0 Å². The Balaban J connectivity index is 1.33. The van der Waals surface area contributed by atoms with Crippen LogP contribution in [-0.4, -0.2) is 25.4 Å². The number of benzene rings is 1. The molecule has 0 atom stereocenters. The highest BCUT2D eigenvalue weighted by Gasteiger charge is 2.29. The van der Waals surface area contributed by atoms with E-state index in [1.807, 2.05) is 0 Å². The molecule has 2 fully saturated rings. The van der Waals surface area contributed by atoms with E-state index < -0.39 is 17.2 Å². The summed E-state index contributed by atoms with van der Waals surface area (Å²) in [5, 5.41) is 3.03. The van der Waals surface area contributed by atoms with Crippen LogP contribution in [0.5, 0.6) is 0 Å². The number of anilines is 1. The molecule has 9 heteroatoms. The van der Waals surface area contributed by atoms with E-state index in [0.29, 0.717) is 28.4 Å². The van der Waals surface area contributed by atoms with Crippen molar-refractivity contribution in [1.82, 2.24) is 19.5 Å². The zero-order valence-electron chi connectivity index (χ0n) is 15.8. The molecule has 0 bridgehead atoms. The first-order chi connectivity index (χ1) is 14.6. The minimum absolute atomic E-state index is 0.0544. The van der Waals surface area contributed by atoms with Gasteiger partial charge in [-0.1, -0.05) is 0 Å². The van der Waals surface area contributed by atoms with Crippen molar-refractivity contribution in [3.63, 3.8) is 0 Å². The summed E-state index contributed by atoms with van der Waals surface area (Å²) in [6.07, 6.45) is 5.32. The predicted octanol–water partition coefficient (Wildman–Crippen LogP) is 2.69. The molecule has 2 aliphatic carbocycles. The van der Waals surface area contributed by atoms with Crippen LogP contribution in [-0.2, 0) is 0 Å². The molecule has 0 radical (unpaired) electrons. The van der Waals surface area contributed by atoms with Gasteiger partial charge in [-0.05, 0) is 49.9 Å². The average Bonchev–Trinajstić information content (AvgIpc) is 3.65. The topological polar surface area (TPSA) is 123 Å². The van der Waals surface area contributed by atoms with Crippen LogP contribution in [0.1, 0.15) is 53.9 Å². The van der Waals surface area contributed by atoms with E-state index in [0.717, 1.165) is 31.6 Å². The number of rotatable bonds is 4. The molecular formula is C21H17N5O4. The lowest BCUT2D eigenvalue weighted by Crippen LogP contribution is -2.30. The summed E-state index contributed by atoms with van der Waals surface area (Å²) in [7, 11) is 0. The highest BCUT2D eigenvalue weighted by molar-refractivity contribution is 6.06. The van der Waals surface area contributed by atoms with Crippen molar-refractivity contribution in [3.8, 4) is 0 Å². The van der Waals surface area contributed by atoms with Gasteiger partial charge in [-0.25, -0.2) is 14.8 Å². The van der Waals surface area contributed by atoms with Crippen molar-refractivity contribution >= 4 is 33.7 Å². The van der Waals surface area contributed by atoms with Gasteiger partial charge in [0.2, 0.25) is 0 Å². The van der Waals surface area contributed by atoms with Gasteiger partial charge in [0, 0.05) is 23.8 Å². The quantitative estimate of drug-likeness (QED) is 0.540. The molecule has 2 saturated carbocycles. The number of hydrogen-bond acceptors (Lipinski definition) is 6. The van der Waals surface area contributed by atoms with E-state index in [4.69, 9.17) is 4.42 Å². The number of H-pyrrole nitrogens is 1. The summed E-state index contributed by atoms with van der Waals surface area (Å²) in [6.45, 7) is 0. The lowest BCUT2D eigenvalue weighted by atomic mass is 10.2. The van der Waals surface area contributed by atoms with Gasteiger partial charge in [0.25, 0.3) is 11.5 Å². The summed E-state index contributed by atoms with van der Waals surface area (Å²) < 4.78 is 7.24. The SMILES string of the molecule is O=C(Nc1ccc2oc(C3CC3)nc2c1)c1cnc2c(c1)c(=O)[nH]c(=O)n2C1CC1. The molecule has 1 amide bonds. The summed E-state index contributed by atoms with van der Waals surface area (Å²) in [6, 6.07) is 6.80. The maximum atomic E-state index is 12.8. The second-order valence-corrected chi connectivity index (χ2v) is 7.92. The zero-order chi connectivity index (χ0) is 20.4. The molecule has 2 N–H and O–H groups in total. The number of carbonyl (C=O) groups excluding carboxylic acids is 1. The number of pyridine rings is 1. The molecule has 0 spiro atoms. The zero-order valence-corrected chi connectivity index (χ0v) is 15.8. The van der Waals surface area contributed by atoms with Gasteiger partial charge >= 0.3 is 5.69 Å². The highest BCUT2D eigenvalue weighted by Crippen LogP contribution is 2.40. The van der Waals surface area contributed by atoms with Gasteiger partial charge in [0.15, 0.2) is 11.5 Å². The van der Waals surface area contributed by atoms with Crippen molar-refractivity contribution in [3.05, 3.63) is 62.8 Å². The van der Waals surface area contributed by atoms with Crippen molar-refractivity contribution < 1.29 is 9.21 Å². The summed E-state index contributed by atoms with van der Waals surface area (Å²) >= 11 is 0. The van der Waals surface area contributed by atoms with Crippen LogP contribution in [0, 0.1) is 0 Å². The van der Waals surface area contributed by atoms with Gasteiger partial charge in [0.1, 0.15) is 11.2 Å². The molecule has 3 heterocycles. The first kappa shape index (κ1) is 17.1. The van der Waals surface area contributed by atoms with E-state index in [1.54, 1.807) is 18.2 Å². The third kappa shape index (κ3) is 2.81. The van der Waals surface area contributed by atoms with Crippen LogP contribution < -0.4 is 16.6 Å². The van der Waals surface area contributed by atoms with E-state index >= 15 is 0 Å². The van der Waals surface area contributed by atoms with Crippen molar-refractivity contribution in [2.45, 2.75) is 37.6 Å². The van der Waals surface area contributed by atoms with Gasteiger partial charge in [-0.2, -0.15) is 0 Å². The van der Waals surface area contributed by atoms with Crippen LogP contribution >= 0.6 is 0 Å². The van der Waals surface area contributed by atoms with Crippen LogP contribution in [0.4, 0.5) is 5.69 Å². The largest absolute Gasteiger partial charge is 0.440 e. The number of aromatic amines is 1. The molecule has 0 unspecified atom stereocenters. The fourth-order valence-electron chi connectivity index (χ4n) is 3.66. The lowest BCUT2D eigenvalue weighted by Gasteiger charge is -2.09. The normalized spacial score (nSPS) is 16.3. The van der Waals surface area contributed by atoms with Gasteiger partial charge in [-0.15, -0.1) is 0 Å².